The lowest BCUT2D eigenvalue weighted by Gasteiger charge is -2.07. The first-order chi connectivity index (χ1) is 13.0. The number of anilines is 1. The maximum Gasteiger partial charge on any atom is 0.313 e. The zero-order valence-electron chi connectivity index (χ0n) is 14.8. The van der Waals surface area contributed by atoms with Gasteiger partial charge in [0.25, 0.3) is 0 Å². The lowest BCUT2D eigenvalue weighted by Crippen LogP contribution is -2.34. The Bertz CT molecular complexity index is 934. The fourth-order valence-corrected chi connectivity index (χ4v) is 2.30. The van der Waals surface area contributed by atoms with Crippen molar-refractivity contribution in [3.8, 4) is 17.1 Å². The van der Waals surface area contributed by atoms with Crippen LogP contribution in [-0.4, -0.2) is 39.1 Å². The quantitative estimate of drug-likeness (QED) is 0.655. The van der Waals surface area contributed by atoms with Crippen molar-refractivity contribution in [1.82, 2.24) is 25.5 Å². The second kappa shape index (κ2) is 8.09. The van der Waals surface area contributed by atoms with Crippen LogP contribution in [0.2, 0.25) is 0 Å². The molecule has 2 N–H and O–H groups in total. The van der Waals surface area contributed by atoms with Gasteiger partial charge in [-0.2, -0.15) is 4.80 Å². The second-order valence-electron chi connectivity index (χ2n) is 5.66. The zero-order valence-corrected chi connectivity index (χ0v) is 14.8. The van der Waals surface area contributed by atoms with Gasteiger partial charge < -0.3 is 15.4 Å². The number of amides is 2. The van der Waals surface area contributed by atoms with Crippen LogP contribution in [0.25, 0.3) is 11.4 Å². The first-order valence-electron chi connectivity index (χ1n) is 8.11. The Morgan fingerprint density at radius 2 is 1.74 bits per heavy atom. The van der Waals surface area contributed by atoms with E-state index in [9.17, 15) is 9.59 Å². The van der Waals surface area contributed by atoms with Gasteiger partial charge in [-0.05, 0) is 47.2 Å². The average Bonchev–Trinajstić information content (AvgIpc) is 3.13. The van der Waals surface area contributed by atoms with Crippen LogP contribution >= 0.6 is 0 Å². The van der Waals surface area contributed by atoms with Crippen molar-refractivity contribution in [3.63, 3.8) is 0 Å². The number of carbonyl (C=O) groups is 2. The standard InChI is InChI=1S/C18H18N6O3/c1-24-22-16(21-23-24)13-5-7-14(8-6-13)20-18(26)17(25)19-11-12-3-9-15(27-2)10-4-12/h3-10H,11H2,1-2H3,(H,19,25)(H,20,26). The molecule has 1 aromatic heterocycles. The fraction of sp³-hybridized carbons (Fsp3) is 0.167. The molecule has 27 heavy (non-hydrogen) atoms. The number of aryl methyl sites for hydroxylation is 1. The van der Waals surface area contributed by atoms with Crippen molar-refractivity contribution in [2.45, 2.75) is 6.54 Å². The van der Waals surface area contributed by atoms with Crippen molar-refractivity contribution in [2.75, 3.05) is 12.4 Å². The highest BCUT2D eigenvalue weighted by molar-refractivity contribution is 6.39. The topological polar surface area (TPSA) is 111 Å². The number of rotatable bonds is 5. The van der Waals surface area contributed by atoms with Crippen molar-refractivity contribution >= 4 is 17.5 Å². The molecule has 0 atom stereocenters. The summed E-state index contributed by atoms with van der Waals surface area (Å²) in [5.74, 6) is -0.255. The molecule has 0 spiro atoms. The lowest BCUT2D eigenvalue weighted by molar-refractivity contribution is -0.136. The van der Waals surface area contributed by atoms with E-state index < -0.39 is 11.8 Å². The highest BCUT2D eigenvalue weighted by Crippen LogP contribution is 2.17. The molecular weight excluding hydrogens is 348 g/mol. The summed E-state index contributed by atoms with van der Waals surface area (Å²) in [4.78, 5) is 25.3. The Kier molecular flexibility index (Phi) is 5.41. The fourth-order valence-electron chi connectivity index (χ4n) is 2.30. The normalized spacial score (nSPS) is 10.3. The van der Waals surface area contributed by atoms with Crippen molar-refractivity contribution in [1.29, 1.82) is 0 Å². The van der Waals surface area contributed by atoms with Crippen LogP contribution in [0.15, 0.2) is 48.5 Å². The van der Waals surface area contributed by atoms with Crippen molar-refractivity contribution in [3.05, 3.63) is 54.1 Å². The summed E-state index contributed by atoms with van der Waals surface area (Å²) in [7, 11) is 3.26. The smallest absolute Gasteiger partial charge is 0.313 e. The van der Waals surface area contributed by atoms with Crippen LogP contribution in [0.3, 0.4) is 0 Å². The second-order valence-corrected chi connectivity index (χ2v) is 5.66. The Labute approximate surface area is 155 Å². The van der Waals surface area contributed by atoms with E-state index in [-0.39, 0.29) is 6.54 Å². The summed E-state index contributed by atoms with van der Waals surface area (Å²) in [6.45, 7) is 0.244. The molecule has 138 valence electrons. The first kappa shape index (κ1) is 18.1. The van der Waals surface area contributed by atoms with Gasteiger partial charge in [-0.15, -0.1) is 10.2 Å². The molecule has 9 heteroatoms. The maximum absolute atomic E-state index is 12.0. The highest BCUT2D eigenvalue weighted by atomic mass is 16.5. The Balaban J connectivity index is 1.53. The molecule has 0 aliphatic rings. The predicted molar refractivity (Wildman–Crippen MR) is 97.7 cm³/mol. The van der Waals surface area contributed by atoms with E-state index in [1.165, 1.54) is 4.80 Å². The SMILES string of the molecule is COc1ccc(CNC(=O)C(=O)Nc2ccc(-c3nnn(C)n3)cc2)cc1. The average molecular weight is 366 g/mol. The molecule has 0 saturated heterocycles. The number of nitrogens with zero attached hydrogens (tertiary/aromatic N) is 4. The predicted octanol–water partition coefficient (Wildman–Crippen LogP) is 1.14. The van der Waals surface area contributed by atoms with E-state index in [0.29, 0.717) is 11.5 Å². The molecule has 0 radical (unpaired) electrons. The number of hydrogen-bond acceptors (Lipinski definition) is 6. The van der Waals surface area contributed by atoms with E-state index in [0.717, 1.165) is 16.9 Å². The number of methoxy groups -OCH3 is 1. The van der Waals surface area contributed by atoms with Gasteiger partial charge in [0, 0.05) is 17.8 Å². The summed E-state index contributed by atoms with van der Waals surface area (Å²) in [5, 5.41) is 16.9. The van der Waals surface area contributed by atoms with Crippen LogP contribution < -0.4 is 15.4 Å². The van der Waals surface area contributed by atoms with E-state index in [4.69, 9.17) is 4.74 Å². The molecule has 0 saturated carbocycles. The van der Waals surface area contributed by atoms with Gasteiger partial charge >= 0.3 is 11.8 Å². The molecule has 0 aliphatic heterocycles. The molecule has 0 aliphatic carbocycles. The Hall–Kier alpha value is -3.75. The van der Waals surface area contributed by atoms with Crippen molar-refractivity contribution < 1.29 is 14.3 Å². The monoisotopic (exact) mass is 366 g/mol. The van der Waals surface area contributed by atoms with Crippen LogP contribution in [0.5, 0.6) is 5.75 Å². The van der Waals surface area contributed by atoms with Crippen molar-refractivity contribution in [2.24, 2.45) is 7.05 Å². The minimum absolute atomic E-state index is 0.244. The number of hydrogen-bond donors (Lipinski definition) is 2. The van der Waals surface area contributed by atoms with E-state index in [1.54, 1.807) is 50.6 Å². The third-order valence-corrected chi connectivity index (χ3v) is 3.73. The zero-order chi connectivity index (χ0) is 19.2. The summed E-state index contributed by atoms with van der Waals surface area (Å²) >= 11 is 0. The summed E-state index contributed by atoms with van der Waals surface area (Å²) < 4.78 is 5.07. The molecule has 3 rings (SSSR count). The minimum Gasteiger partial charge on any atom is -0.497 e. The number of nitrogens with one attached hydrogen (secondary N) is 2. The Morgan fingerprint density at radius 3 is 2.33 bits per heavy atom. The van der Waals surface area contributed by atoms with Gasteiger partial charge in [0.05, 0.1) is 14.2 Å². The Morgan fingerprint density at radius 1 is 1.04 bits per heavy atom. The third kappa shape index (κ3) is 4.66. The number of carbonyl (C=O) groups excluding carboxylic acids is 2. The van der Waals surface area contributed by atoms with Crippen LogP contribution in [0.1, 0.15) is 5.56 Å². The van der Waals surface area contributed by atoms with Gasteiger partial charge in [-0.3, -0.25) is 9.59 Å². The molecule has 9 nitrogen and oxygen atoms in total. The van der Waals surface area contributed by atoms with Gasteiger partial charge in [0.2, 0.25) is 5.82 Å². The molecule has 3 aromatic rings. The molecular formula is C18H18N6O3. The summed E-state index contributed by atoms with van der Waals surface area (Å²) in [6, 6.07) is 14.0. The van der Waals surface area contributed by atoms with E-state index in [2.05, 4.69) is 26.0 Å². The number of ether oxygens (including phenoxy) is 1. The number of tetrazole rings is 1. The van der Waals surface area contributed by atoms with Gasteiger partial charge in [-0.1, -0.05) is 12.1 Å². The molecule has 0 fully saturated rings. The molecule has 2 aromatic carbocycles. The van der Waals surface area contributed by atoms with Crippen LogP contribution in [0, 0.1) is 0 Å². The largest absolute Gasteiger partial charge is 0.497 e. The minimum atomic E-state index is -0.742. The van der Waals surface area contributed by atoms with Crippen LogP contribution in [-0.2, 0) is 23.2 Å². The first-order valence-corrected chi connectivity index (χ1v) is 8.11. The van der Waals surface area contributed by atoms with Gasteiger partial charge in [0.15, 0.2) is 0 Å². The van der Waals surface area contributed by atoms with Gasteiger partial charge in [0.1, 0.15) is 5.75 Å². The summed E-state index contributed by atoms with van der Waals surface area (Å²) in [6.07, 6.45) is 0. The lowest BCUT2D eigenvalue weighted by atomic mass is 10.2. The number of benzene rings is 2. The number of aromatic nitrogens is 4. The highest BCUT2D eigenvalue weighted by Gasteiger charge is 2.13. The molecule has 0 unspecified atom stereocenters. The maximum atomic E-state index is 12.0. The van der Waals surface area contributed by atoms with E-state index in [1.807, 2.05) is 12.1 Å². The van der Waals surface area contributed by atoms with E-state index >= 15 is 0 Å². The van der Waals surface area contributed by atoms with Crippen LogP contribution in [0.4, 0.5) is 5.69 Å². The summed E-state index contributed by atoms with van der Waals surface area (Å²) in [5.41, 5.74) is 2.11. The molecule has 1 heterocycles. The molecule has 2 amide bonds. The molecule has 0 bridgehead atoms. The van der Waals surface area contributed by atoms with Gasteiger partial charge in [-0.25, -0.2) is 0 Å². The third-order valence-electron chi connectivity index (χ3n) is 3.73.